The van der Waals surface area contributed by atoms with Gasteiger partial charge in [0.15, 0.2) is 5.16 Å². The third-order valence-electron chi connectivity index (χ3n) is 4.41. The lowest BCUT2D eigenvalue weighted by Crippen LogP contribution is -2.23. The van der Waals surface area contributed by atoms with E-state index in [1.165, 1.54) is 22.8 Å². The summed E-state index contributed by atoms with van der Waals surface area (Å²) in [4.78, 5) is 34.5. The van der Waals surface area contributed by atoms with Crippen LogP contribution in [-0.4, -0.2) is 26.2 Å². The fourth-order valence-corrected chi connectivity index (χ4v) is 3.89. The first-order valence-corrected chi connectivity index (χ1v) is 10.6. The first-order valence-electron chi connectivity index (χ1n) is 9.25. The second kappa shape index (κ2) is 8.87. The number of carbonyl (C=O) groups excluding carboxylic acids is 1. The van der Waals surface area contributed by atoms with E-state index in [1.807, 2.05) is 13.0 Å². The topological polar surface area (TPSA) is 76.9 Å². The van der Waals surface area contributed by atoms with Crippen LogP contribution in [0, 0.1) is 12.7 Å². The molecule has 1 amide bonds. The number of amides is 1. The van der Waals surface area contributed by atoms with Crippen LogP contribution >= 0.6 is 23.4 Å². The van der Waals surface area contributed by atoms with Gasteiger partial charge in [-0.15, -0.1) is 0 Å². The van der Waals surface area contributed by atoms with Gasteiger partial charge in [-0.25, -0.2) is 18.9 Å². The van der Waals surface area contributed by atoms with Crippen LogP contribution < -0.4 is 10.9 Å². The first-order chi connectivity index (χ1) is 14.9. The Kier molecular flexibility index (Phi) is 6.01. The Morgan fingerprint density at radius 3 is 2.74 bits per heavy atom. The molecule has 6 nitrogen and oxygen atoms in total. The van der Waals surface area contributed by atoms with E-state index in [0.29, 0.717) is 27.6 Å². The molecular formula is C22H16ClFN4O2S. The maximum Gasteiger partial charge on any atom is 0.267 e. The zero-order valence-corrected chi connectivity index (χ0v) is 17.9. The van der Waals surface area contributed by atoms with Crippen molar-refractivity contribution in [1.82, 2.24) is 14.5 Å². The van der Waals surface area contributed by atoms with E-state index in [2.05, 4.69) is 15.3 Å². The summed E-state index contributed by atoms with van der Waals surface area (Å²) in [6.45, 7) is 1.90. The molecule has 0 unspecified atom stereocenters. The molecule has 4 aromatic rings. The second-order valence-electron chi connectivity index (χ2n) is 6.71. The van der Waals surface area contributed by atoms with Gasteiger partial charge in [0.05, 0.1) is 21.7 Å². The fourth-order valence-electron chi connectivity index (χ4n) is 2.90. The molecule has 0 aliphatic carbocycles. The summed E-state index contributed by atoms with van der Waals surface area (Å²) < 4.78 is 14.7. The third-order valence-corrected chi connectivity index (χ3v) is 5.63. The number of thioether (sulfide) groups is 1. The lowest BCUT2D eigenvalue weighted by Gasteiger charge is -2.12. The SMILES string of the molecule is Cc1ccc(-n2c(SCC(=O)Nc3ccc(F)c(Cl)c3)nc3ccccc3c2=O)nc1. The van der Waals surface area contributed by atoms with Gasteiger partial charge in [0.2, 0.25) is 5.91 Å². The quantitative estimate of drug-likeness (QED) is 0.352. The number of nitrogens with zero attached hydrogens (tertiary/aromatic N) is 3. The lowest BCUT2D eigenvalue weighted by molar-refractivity contribution is -0.113. The van der Waals surface area contributed by atoms with Gasteiger partial charge in [0, 0.05) is 11.9 Å². The molecule has 2 aromatic carbocycles. The van der Waals surface area contributed by atoms with Crippen molar-refractivity contribution >= 4 is 45.9 Å². The number of rotatable bonds is 5. The predicted molar refractivity (Wildman–Crippen MR) is 121 cm³/mol. The lowest BCUT2D eigenvalue weighted by atomic mass is 10.2. The highest BCUT2D eigenvalue weighted by Crippen LogP contribution is 2.22. The molecule has 0 saturated carbocycles. The second-order valence-corrected chi connectivity index (χ2v) is 8.06. The van der Waals surface area contributed by atoms with Crippen molar-refractivity contribution in [3.63, 3.8) is 0 Å². The number of para-hydroxylation sites is 1. The van der Waals surface area contributed by atoms with Crippen molar-refractivity contribution in [3.8, 4) is 5.82 Å². The average molecular weight is 455 g/mol. The zero-order chi connectivity index (χ0) is 22.0. The highest BCUT2D eigenvalue weighted by molar-refractivity contribution is 7.99. The van der Waals surface area contributed by atoms with Crippen LogP contribution in [0.15, 0.2) is 70.7 Å². The number of aromatic nitrogens is 3. The van der Waals surface area contributed by atoms with Crippen LogP contribution in [0.5, 0.6) is 0 Å². The molecule has 31 heavy (non-hydrogen) atoms. The Balaban J connectivity index is 1.65. The standard InChI is InChI=1S/C22H16ClFN4O2S/c1-13-6-9-19(25-11-13)28-21(30)15-4-2-3-5-18(15)27-22(28)31-12-20(29)26-14-7-8-17(24)16(23)10-14/h2-11H,12H2,1H3,(H,26,29). The third kappa shape index (κ3) is 4.60. The van der Waals surface area contributed by atoms with E-state index >= 15 is 0 Å². The minimum Gasteiger partial charge on any atom is -0.325 e. The van der Waals surface area contributed by atoms with Crippen LogP contribution in [0.25, 0.3) is 16.7 Å². The Morgan fingerprint density at radius 1 is 1.19 bits per heavy atom. The highest BCUT2D eigenvalue weighted by atomic mass is 35.5. The van der Waals surface area contributed by atoms with Gasteiger partial charge in [-0.3, -0.25) is 9.59 Å². The number of hydrogen-bond acceptors (Lipinski definition) is 5. The smallest absolute Gasteiger partial charge is 0.267 e. The van der Waals surface area contributed by atoms with Crippen molar-refractivity contribution in [2.45, 2.75) is 12.1 Å². The average Bonchev–Trinajstić information content (AvgIpc) is 2.76. The van der Waals surface area contributed by atoms with Gasteiger partial charge in [0.25, 0.3) is 5.56 Å². The van der Waals surface area contributed by atoms with Crippen LogP contribution in [0.2, 0.25) is 5.02 Å². The summed E-state index contributed by atoms with van der Waals surface area (Å²) >= 11 is 6.86. The minimum atomic E-state index is -0.566. The largest absolute Gasteiger partial charge is 0.325 e. The summed E-state index contributed by atoms with van der Waals surface area (Å²) in [5.41, 5.74) is 1.59. The van der Waals surface area contributed by atoms with Gasteiger partial charge >= 0.3 is 0 Å². The molecular weight excluding hydrogens is 439 g/mol. The van der Waals surface area contributed by atoms with Crippen molar-refractivity contribution in [1.29, 1.82) is 0 Å². The van der Waals surface area contributed by atoms with E-state index in [0.717, 1.165) is 17.3 Å². The molecule has 2 heterocycles. The normalized spacial score (nSPS) is 10.9. The van der Waals surface area contributed by atoms with Crippen LogP contribution in [-0.2, 0) is 4.79 Å². The maximum atomic E-state index is 13.3. The summed E-state index contributed by atoms with van der Waals surface area (Å²) in [6.07, 6.45) is 1.66. The number of nitrogens with one attached hydrogen (secondary N) is 1. The van der Waals surface area contributed by atoms with E-state index in [-0.39, 0.29) is 22.2 Å². The highest BCUT2D eigenvalue weighted by Gasteiger charge is 2.16. The van der Waals surface area contributed by atoms with Gasteiger partial charge in [-0.1, -0.05) is 41.6 Å². The number of aryl methyl sites for hydroxylation is 1. The minimum absolute atomic E-state index is 0.0222. The van der Waals surface area contributed by atoms with E-state index in [1.54, 1.807) is 36.5 Å². The molecule has 0 aliphatic heterocycles. The fraction of sp³-hybridized carbons (Fsp3) is 0.0909. The molecule has 0 atom stereocenters. The molecule has 1 N–H and O–H groups in total. The zero-order valence-electron chi connectivity index (χ0n) is 16.3. The summed E-state index contributed by atoms with van der Waals surface area (Å²) in [5.74, 6) is -0.518. The first kappa shape index (κ1) is 21.0. The molecule has 0 radical (unpaired) electrons. The van der Waals surface area contributed by atoms with Crippen LogP contribution in [0.1, 0.15) is 5.56 Å². The van der Waals surface area contributed by atoms with Crippen molar-refractivity contribution in [2.24, 2.45) is 0 Å². The number of benzene rings is 2. The molecule has 0 spiro atoms. The van der Waals surface area contributed by atoms with Gasteiger partial charge in [-0.2, -0.15) is 0 Å². The van der Waals surface area contributed by atoms with Crippen molar-refractivity contribution in [2.75, 3.05) is 11.1 Å². The van der Waals surface area contributed by atoms with Gasteiger partial charge in [0.1, 0.15) is 11.6 Å². The number of fused-ring (bicyclic) bond motifs is 1. The van der Waals surface area contributed by atoms with Crippen LogP contribution in [0.3, 0.4) is 0 Å². The van der Waals surface area contributed by atoms with Crippen molar-refractivity contribution in [3.05, 3.63) is 87.6 Å². The molecule has 156 valence electrons. The monoisotopic (exact) mass is 454 g/mol. The molecule has 0 bridgehead atoms. The molecule has 0 fully saturated rings. The molecule has 2 aromatic heterocycles. The summed E-state index contributed by atoms with van der Waals surface area (Å²) in [5, 5.41) is 3.37. The molecule has 9 heteroatoms. The molecule has 0 aliphatic rings. The Morgan fingerprint density at radius 2 is 2.00 bits per heavy atom. The Labute approximate surface area is 186 Å². The van der Waals surface area contributed by atoms with E-state index < -0.39 is 5.82 Å². The molecule has 4 rings (SSSR count). The summed E-state index contributed by atoms with van der Waals surface area (Å²) in [7, 11) is 0. The predicted octanol–water partition coefficient (Wildman–Crippen LogP) is 4.61. The number of hydrogen-bond donors (Lipinski definition) is 1. The van der Waals surface area contributed by atoms with E-state index in [4.69, 9.17) is 11.6 Å². The van der Waals surface area contributed by atoms with Gasteiger partial charge < -0.3 is 5.32 Å². The maximum absolute atomic E-state index is 13.3. The number of anilines is 1. The Bertz CT molecular complexity index is 1340. The number of pyridine rings is 1. The Hall–Kier alpha value is -3.23. The van der Waals surface area contributed by atoms with E-state index in [9.17, 15) is 14.0 Å². The van der Waals surface area contributed by atoms with Crippen LogP contribution in [0.4, 0.5) is 10.1 Å². The van der Waals surface area contributed by atoms with Crippen molar-refractivity contribution < 1.29 is 9.18 Å². The summed E-state index contributed by atoms with van der Waals surface area (Å²) in [6, 6.07) is 14.5. The number of carbonyl (C=O) groups is 1. The number of halogens is 2. The van der Waals surface area contributed by atoms with Gasteiger partial charge in [-0.05, 0) is 48.9 Å². The molecule has 0 saturated heterocycles.